The molecule has 2 aliphatic heterocycles. The van der Waals surface area contributed by atoms with Gasteiger partial charge in [0.15, 0.2) is 0 Å². The van der Waals surface area contributed by atoms with Crippen LogP contribution in [0.5, 0.6) is 0 Å². The lowest BCUT2D eigenvalue weighted by Gasteiger charge is -2.34. The van der Waals surface area contributed by atoms with E-state index < -0.39 is 0 Å². The predicted molar refractivity (Wildman–Crippen MR) is 124 cm³/mol. The molecule has 2 N–H and O–H groups in total. The van der Waals surface area contributed by atoms with Crippen LogP contribution in [0, 0.1) is 0 Å². The number of hydrogen-bond donors (Lipinski definition) is 2. The molecular formula is C24H41N5O. The number of piperazine rings is 1. The van der Waals surface area contributed by atoms with E-state index in [0.717, 1.165) is 71.7 Å². The van der Waals surface area contributed by atoms with Crippen LogP contribution in [0.4, 0.5) is 4.79 Å². The highest BCUT2D eigenvalue weighted by molar-refractivity contribution is 5.73. The van der Waals surface area contributed by atoms with Gasteiger partial charge in [-0.15, -0.1) is 0 Å². The minimum absolute atomic E-state index is 0.0191. The van der Waals surface area contributed by atoms with Crippen molar-refractivity contribution in [3.05, 3.63) is 35.9 Å². The topological polar surface area (TPSA) is 50.9 Å². The van der Waals surface area contributed by atoms with E-state index in [4.69, 9.17) is 0 Å². The van der Waals surface area contributed by atoms with Gasteiger partial charge in [0.2, 0.25) is 0 Å². The first-order chi connectivity index (χ1) is 14.7. The van der Waals surface area contributed by atoms with Crippen molar-refractivity contribution in [1.82, 2.24) is 25.3 Å². The van der Waals surface area contributed by atoms with Gasteiger partial charge in [-0.3, -0.25) is 4.90 Å². The Morgan fingerprint density at radius 3 is 2.27 bits per heavy atom. The molecule has 0 spiro atoms. The molecule has 2 fully saturated rings. The number of nitrogens with one attached hydrogen (secondary N) is 2. The third-order valence-corrected chi connectivity index (χ3v) is 6.50. The molecule has 2 aliphatic rings. The molecule has 6 nitrogen and oxygen atoms in total. The van der Waals surface area contributed by atoms with Gasteiger partial charge in [-0.1, -0.05) is 36.8 Å². The Morgan fingerprint density at radius 1 is 0.900 bits per heavy atom. The van der Waals surface area contributed by atoms with E-state index in [9.17, 15) is 4.79 Å². The molecule has 3 rings (SSSR count). The molecule has 0 aliphatic carbocycles. The number of rotatable bonds is 10. The van der Waals surface area contributed by atoms with Gasteiger partial charge in [0.25, 0.3) is 0 Å². The summed E-state index contributed by atoms with van der Waals surface area (Å²) in [6.07, 6.45) is 6.04. The predicted octanol–water partition coefficient (Wildman–Crippen LogP) is 2.76. The number of likely N-dealkylation sites (tertiary alicyclic amines) is 1. The quantitative estimate of drug-likeness (QED) is 0.577. The summed E-state index contributed by atoms with van der Waals surface area (Å²) in [5.74, 6) is 0. The lowest BCUT2D eigenvalue weighted by Crippen LogP contribution is -2.46. The fourth-order valence-electron chi connectivity index (χ4n) is 4.55. The molecule has 1 unspecified atom stereocenters. The van der Waals surface area contributed by atoms with E-state index in [-0.39, 0.29) is 6.03 Å². The van der Waals surface area contributed by atoms with Crippen molar-refractivity contribution in [2.75, 3.05) is 58.9 Å². The largest absolute Gasteiger partial charge is 0.338 e. The smallest absolute Gasteiger partial charge is 0.314 e. The van der Waals surface area contributed by atoms with E-state index in [1.165, 1.54) is 31.4 Å². The van der Waals surface area contributed by atoms with E-state index in [0.29, 0.717) is 6.04 Å². The summed E-state index contributed by atoms with van der Waals surface area (Å²) in [6.45, 7) is 12.7. The van der Waals surface area contributed by atoms with Gasteiger partial charge >= 0.3 is 6.03 Å². The average Bonchev–Trinajstić information content (AvgIpc) is 2.77. The normalized spacial score (nSPS) is 21.4. The molecule has 0 radical (unpaired) electrons. The van der Waals surface area contributed by atoms with Crippen molar-refractivity contribution in [3.8, 4) is 0 Å². The second-order valence-electron chi connectivity index (χ2n) is 8.87. The summed E-state index contributed by atoms with van der Waals surface area (Å²) in [5.41, 5.74) is 1.40. The maximum atomic E-state index is 12.0. The second-order valence-corrected chi connectivity index (χ2v) is 8.87. The second kappa shape index (κ2) is 12.9. The highest BCUT2D eigenvalue weighted by atomic mass is 16.2. The number of piperidine rings is 1. The molecule has 2 heterocycles. The van der Waals surface area contributed by atoms with Crippen LogP contribution >= 0.6 is 0 Å². The van der Waals surface area contributed by atoms with Crippen molar-refractivity contribution in [3.63, 3.8) is 0 Å². The lowest BCUT2D eigenvalue weighted by molar-refractivity contribution is 0.126. The number of urea groups is 1. The number of amides is 2. The van der Waals surface area contributed by atoms with Gasteiger partial charge in [-0.2, -0.15) is 0 Å². The van der Waals surface area contributed by atoms with Gasteiger partial charge < -0.3 is 20.4 Å². The number of benzene rings is 1. The molecule has 1 aromatic rings. The van der Waals surface area contributed by atoms with Crippen LogP contribution < -0.4 is 10.6 Å². The molecule has 2 amide bonds. The zero-order valence-corrected chi connectivity index (χ0v) is 18.8. The first kappa shape index (κ1) is 23.0. The Bertz CT molecular complexity index is 603. The lowest BCUT2D eigenvalue weighted by atomic mass is 10.0. The summed E-state index contributed by atoms with van der Waals surface area (Å²) >= 11 is 0. The number of nitrogens with zero attached hydrogens (tertiary/aromatic N) is 3. The van der Waals surface area contributed by atoms with Crippen molar-refractivity contribution < 1.29 is 4.79 Å². The van der Waals surface area contributed by atoms with Crippen molar-refractivity contribution in [2.24, 2.45) is 0 Å². The maximum absolute atomic E-state index is 12.0. The zero-order chi connectivity index (χ0) is 21.0. The Balaban J connectivity index is 1.16. The molecule has 6 heteroatoms. The highest BCUT2D eigenvalue weighted by Gasteiger charge is 2.18. The SMILES string of the molecule is CC1CCCCN1CCCNC(=O)NCCCN1CCN(Cc2ccccc2)CC1. The van der Waals surface area contributed by atoms with E-state index in [2.05, 4.69) is 62.6 Å². The van der Waals surface area contributed by atoms with Crippen LogP contribution in [-0.4, -0.2) is 85.7 Å². The summed E-state index contributed by atoms with van der Waals surface area (Å²) in [6, 6.07) is 11.4. The van der Waals surface area contributed by atoms with E-state index in [1.807, 2.05) is 0 Å². The first-order valence-corrected chi connectivity index (χ1v) is 11.9. The molecule has 30 heavy (non-hydrogen) atoms. The van der Waals surface area contributed by atoms with Crippen LogP contribution in [0.2, 0.25) is 0 Å². The first-order valence-electron chi connectivity index (χ1n) is 11.9. The minimum Gasteiger partial charge on any atom is -0.338 e. The third kappa shape index (κ3) is 8.25. The Morgan fingerprint density at radius 2 is 1.57 bits per heavy atom. The molecule has 0 bridgehead atoms. The Hall–Kier alpha value is -1.63. The van der Waals surface area contributed by atoms with Crippen LogP contribution in [0.1, 0.15) is 44.6 Å². The molecule has 2 saturated heterocycles. The highest BCUT2D eigenvalue weighted by Crippen LogP contribution is 2.16. The Kier molecular flexibility index (Phi) is 9.93. The van der Waals surface area contributed by atoms with Crippen LogP contribution in [0.25, 0.3) is 0 Å². The molecule has 0 saturated carbocycles. The van der Waals surface area contributed by atoms with Crippen LogP contribution in [-0.2, 0) is 6.54 Å². The van der Waals surface area contributed by atoms with Gasteiger partial charge in [0, 0.05) is 58.4 Å². The van der Waals surface area contributed by atoms with Crippen LogP contribution in [0.3, 0.4) is 0 Å². The van der Waals surface area contributed by atoms with Crippen molar-refractivity contribution in [1.29, 1.82) is 0 Å². The maximum Gasteiger partial charge on any atom is 0.314 e. The van der Waals surface area contributed by atoms with Crippen LogP contribution in [0.15, 0.2) is 30.3 Å². The van der Waals surface area contributed by atoms with Gasteiger partial charge in [0.1, 0.15) is 0 Å². The molecule has 1 atom stereocenters. The summed E-state index contributed by atoms with van der Waals surface area (Å²) in [5, 5.41) is 6.02. The molecule has 168 valence electrons. The number of carbonyl (C=O) groups is 1. The summed E-state index contributed by atoms with van der Waals surface area (Å²) in [4.78, 5) is 19.6. The molecule has 1 aromatic carbocycles. The van der Waals surface area contributed by atoms with Crippen molar-refractivity contribution >= 4 is 6.03 Å². The van der Waals surface area contributed by atoms with Gasteiger partial charge in [-0.25, -0.2) is 4.79 Å². The fraction of sp³-hybridized carbons (Fsp3) is 0.708. The average molecular weight is 416 g/mol. The van der Waals surface area contributed by atoms with Gasteiger partial charge in [0.05, 0.1) is 0 Å². The third-order valence-electron chi connectivity index (χ3n) is 6.50. The van der Waals surface area contributed by atoms with Gasteiger partial charge in [-0.05, 0) is 51.3 Å². The zero-order valence-electron chi connectivity index (χ0n) is 18.8. The molecule has 0 aromatic heterocycles. The van der Waals surface area contributed by atoms with E-state index in [1.54, 1.807) is 0 Å². The van der Waals surface area contributed by atoms with Crippen molar-refractivity contribution in [2.45, 2.75) is 51.6 Å². The summed E-state index contributed by atoms with van der Waals surface area (Å²) in [7, 11) is 0. The number of hydrogen-bond acceptors (Lipinski definition) is 4. The minimum atomic E-state index is -0.0191. The summed E-state index contributed by atoms with van der Waals surface area (Å²) < 4.78 is 0. The van der Waals surface area contributed by atoms with E-state index >= 15 is 0 Å². The fourth-order valence-corrected chi connectivity index (χ4v) is 4.55. The monoisotopic (exact) mass is 415 g/mol. The standard InChI is InChI=1S/C24H41N5O/c1-22-9-5-6-15-29(22)16-8-13-26-24(30)25-12-7-14-27-17-19-28(20-18-27)21-23-10-3-2-4-11-23/h2-4,10-11,22H,5-9,12-21H2,1H3,(H2,25,26,30). The number of carbonyl (C=O) groups excluding carboxylic acids is 1. The molecular weight excluding hydrogens is 374 g/mol. The Labute approximate surface area is 183 Å².